The van der Waals surface area contributed by atoms with Crippen LogP contribution < -0.4 is 16.5 Å². The second kappa shape index (κ2) is 5.92. The summed E-state index contributed by atoms with van der Waals surface area (Å²) in [6, 6.07) is 10.9. The summed E-state index contributed by atoms with van der Waals surface area (Å²) in [6.45, 7) is 1.83. The molecule has 0 aliphatic heterocycles. The largest absolute Gasteiger partial charge is 0.510 e. The average molecular weight is 329 g/mol. The summed E-state index contributed by atoms with van der Waals surface area (Å²) >= 11 is 1.21. The van der Waals surface area contributed by atoms with Gasteiger partial charge >= 0.3 is 0 Å². The van der Waals surface area contributed by atoms with Crippen molar-refractivity contribution in [1.29, 1.82) is 0 Å². The molecule has 0 aliphatic rings. The van der Waals surface area contributed by atoms with Gasteiger partial charge < -0.3 is 9.67 Å². The average Bonchev–Trinajstić information content (AvgIpc) is 2.80. The number of aromatic nitrogens is 3. The van der Waals surface area contributed by atoms with Crippen LogP contribution in [0.1, 0.15) is 12.5 Å². The van der Waals surface area contributed by atoms with Gasteiger partial charge in [-0.2, -0.15) is 4.98 Å². The van der Waals surface area contributed by atoms with E-state index in [0.717, 1.165) is 5.56 Å². The van der Waals surface area contributed by atoms with E-state index in [9.17, 15) is 14.7 Å². The fourth-order valence-corrected chi connectivity index (χ4v) is 3.13. The Balaban J connectivity index is 2.43. The van der Waals surface area contributed by atoms with Gasteiger partial charge in [0.05, 0.1) is 0 Å². The Hall–Kier alpha value is -2.54. The van der Waals surface area contributed by atoms with Gasteiger partial charge in [-0.25, -0.2) is 4.40 Å². The lowest BCUT2D eigenvalue weighted by molar-refractivity contribution is 0.492. The predicted octanol–water partition coefficient (Wildman–Crippen LogP) is 1.03. The van der Waals surface area contributed by atoms with Gasteiger partial charge in [0, 0.05) is 12.6 Å². The standard InChI is InChI=1S/C16H15N3O3S/c1-10(20)14-15(22)19-13(8-12(21)17-16(19)23-2)18(14)9-11-6-4-3-5-7-11/h3-8,20H,9H2,1-2H3/b14-10-. The summed E-state index contributed by atoms with van der Waals surface area (Å²) in [4.78, 5) is 28.4. The highest BCUT2D eigenvalue weighted by Gasteiger charge is 2.16. The van der Waals surface area contributed by atoms with Gasteiger partial charge in [-0.1, -0.05) is 42.1 Å². The van der Waals surface area contributed by atoms with Gasteiger partial charge in [-0.15, -0.1) is 0 Å². The molecule has 0 amide bonds. The molecule has 23 heavy (non-hydrogen) atoms. The van der Waals surface area contributed by atoms with E-state index in [2.05, 4.69) is 4.98 Å². The molecule has 1 aromatic carbocycles. The van der Waals surface area contributed by atoms with Gasteiger partial charge in [0.25, 0.3) is 11.1 Å². The maximum absolute atomic E-state index is 12.7. The molecule has 0 saturated carbocycles. The molecule has 0 spiro atoms. The molecule has 2 heterocycles. The van der Waals surface area contributed by atoms with E-state index in [0.29, 0.717) is 17.3 Å². The Bertz CT molecular complexity index is 1030. The smallest absolute Gasteiger partial charge is 0.285 e. The van der Waals surface area contributed by atoms with Gasteiger partial charge in [-0.05, 0) is 18.7 Å². The maximum atomic E-state index is 12.7. The molecular weight excluding hydrogens is 314 g/mol. The number of aliphatic hydroxyl groups excluding tert-OH is 1. The number of benzene rings is 1. The molecule has 2 aromatic heterocycles. The van der Waals surface area contributed by atoms with Crippen molar-refractivity contribution in [3.8, 4) is 0 Å². The molecule has 7 heteroatoms. The van der Waals surface area contributed by atoms with Crippen LogP contribution in [0.25, 0.3) is 11.4 Å². The molecular formula is C16H15N3O3S. The molecule has 0 saturated heterocycles. The quantitative estimate of drug-likeness (QED) is 0.574. The lowest BCUT2D eigenvalue weighted by Gasteiger charge is -2.06. The number of thioether (sulfide) groups is 1. The molecule has 0 radical (unpaired) electrons. The monoisotopic (exact) mass is 329 g/mol. The lowest BCUT2D eigenvalue weighted by Crippen LogP contribution is -2.33. The van der Waals surface area contributed by atoms with Gasteiger partial charge in [0.2, 0.25) is 0 Å². The predicted molar refractivity (Wildman–Crippen MR) is 90.0 cm³/mol. The summed E-state index contributed by atoms with van der Waals surface area (Å²) in [7, 11) is 0. The first-order valence-electron chi connectivity index (χ1n) is 6.97. The number of hydrogen-bond donors (Lipinski definition) is 1. The SMILES string of the molecule is CSc1nc(=O)cc2n(Cc3ccccc3)/c(=C(/C)O)c(=O)n12. The van der Waals surface area contributed by atoms with E-state index in [1.165, 1.54) is 29.2 Å². The Morgan fingerprint density at radius 3 is 2.57 bits per heavy atom. The minimum absolute atomic E-state index is 0.0888. The van der Waals surface area contributed by atoms with Crippen molar-refractivity contribution in [2.45, 2.75) is 18.6 Å². The van der Waals surface area contributed by atoms with Crippen molar-refractivity contribution in [3.63, 3.8) is 0 Å². The topological polar surface area (TPSA) is 76.6 Å². The molecule has 3 aromatic rings. The Kier molecular flexibility index (Phi) is 3.96. The first-order chi connectivity index (χ1) is 11.0. The van der Waals surface area contributed by atoms with Crippen LogP contribution in [0.2, 0.25) is 0 Å². The van der Waals surface area contributed by atoms with E-state index >= 15 is 0 Å². The Morgan fingerprint density at radius 2 is 1.96 bits per heavy atom. The molecule has 0 atom stereocenters. The van der Waals surface area contributed by atoms with Gasteiger partial charge in [0.15, 0.2) is 5.16 Å². The Morgan fingerprint density at radius 1 is 1.26 bits per heavy atom. The number of aliphatic hydroxyl groups is 1. The summed E-state index contributed by atoms with van der Waals surface area (Å²) in [5, 5.41) is 10.4. The third-order valence-corrected chi connectivity index (χ3v) is 4.18. The second-order valence-electron chi connectivity index (χ2n) is 5.09. The Labute approximate surface area is 135 Å². The summed E-state index contributed by atoms with van der Waals surface area (Å²) in [5.74, 6) is -0.0888. The van der Waals surface area contributed by atoms with Crippen molar-refractivity contribution < 1.29 is 5.11 Å². The van der Waals surface area contributed by atoms with E-state index in [1.807, 2.05) is 30.3 Å². The maximum Gasteiger partial charge on any atom is 0.285 e. The molecule has 0 unspecified atom stereocenters. The van der Waals surface area contributed by atoms with Crippen molar-refractivity contribution in [2.24, 2.45) is 0 Å². The fourth-order valence-electron chi connectivity index (χ4n) is 2.59. The normalized spacial score (nSPS) is 12.6. The van der Waals surface area contributed by atoms with Crippen molar-refractivity contribution in [1.82, 2.24) is 14.0 Å². The minimum atomic E-state index is -0.414. The summed E-state index contributed by atoms with van der Waals surface area (Å²) in [5.41, 5.74) is 0.588. The summed E-state index contributed by atoms with van der Waals surface area (Å²) in [6.07, 6.45) is 1.75. The van der Waals surface area contributed by atoms with Gasteiger partial charge in [0.1, 0.15) is 16.8 Å². The van der Waals surface area contributed by atoms with Crippen molar-refractivity contribution in [3.05, 3.63) is 68.0 Å². The van der Waals surface area contributed by atoms with Crippen LogP contribution >= 0.6 is 11.8 Å². The van der Waals surface area contributed by atoms with Crippen molar-refractivity contribution in [2.75, 3.05) is 6.26 Å². The third-order valence-electron chi connectivity index (χ3n) is 3.54. The highest BCUT2D eigenvalue weighted by Crippen LogP contribution is 2.11. The van der Waals surface area contributed by atoms with E-state index in [1.54, 1.807) is 10.8 Å². The fraction of sp³-hybridized carbons (Fsp3) is 0.188. The first kappa shape index (κ1) is 15.4. The summed E-state index contributed by atoms with van der Waals surface area (Å²) < 4.78 is 3.01. The second-order valence-corrected chi connectivity index (χ2v) is 5.86. The third kappa shape index (κ3) is 2.63. The molecule has 1 N–H and O–H groups in total. The molecule has 3 rings (SSSR count). The molecule has 0 fully saturated rings. The van der Waals surface area contributed by atoms with Crippen LogP contribution in [0.3, 0.4) is 0 Å². The molecule has 0 bridgehead atoms. The lowest BCUT2D eigenvalue weighted by atomic mass is 10.2. The van der Waals surface area contributed by atoms with Crippen molar-refractivity contribution >= 4 is 23.2 Å². The zero-order valence-electron chi connectivity index (χ0n) is 12.7. The van der Waals surface area contributed by atoms with Crippen LogP contribution in [0.15, 0.2) is 51.1 Å². The molecule has 118 valence electrons. The van der Waals surface area contributed by atoms with E-state index in [-0.39, 0.29) is 16.7 Å². The number of imidazole rings is 1. The first-order valence-corrected chi connectivity index (χ1v) is 8.19. The molecule has 6 nitrogen and oxygen atoms in total. The van der Waals surface area contributed by atoms with Crippen LogP contribution in [-0.4, -0.2) is 25.3 Å². The van der Waals surface area contributed by atoms with Crippen LogP contribution in [0, 0.1) is 0 Å². The van der Waals surface area contributed by atoms with Gasteiger partial charge in [-0.3, -0.25) is 9.59 Å². The zero-order chi connectivity index (χ0) is 16.6. The highest BCUT2D eigenvalue weighted by molar-refractivity contribution is 7.98. The highest BCUT2D eigenvalue weighted by atomic mass is 32.2. The zero-order valence-corrected chi connectivity index (χ0v) is 13.5. The van der Waals surface area contributed by atoms with Crippen LogP contribution in [0.4, 0.5) is 0 Å². The minimum Gasteiger partial charge on any atom is -0.510 e. The van der Waals surface area contributed by atoms with Crippen LogP contribution in [0.5, 0.6) is 0 Å². The number of hydrogen-bond acceptors (Lipinski definition) is 5. The number of nitrogens with zero attached hydrogens (tertiary/aromatic N) is 3. The van der Waals surface area contributed by atoms with E-state index < -0.39 is 5.56 Å². The number of rotatable bonds is 3. The van der Waals surface area contributed by atoms with Crippen LogP contribution in [-0.2, 0) is 6.54 Å². The van der Waals surface area contributed by atoms with E-state index in [4.69, 9.17) is 0 Å². The number of fused-ring (bicyclic) bond motifs is 1. The molecule has 0 aliphatic carbocycles.